The molecule has 0 unspecified atom stereocenters. The second kappa shape index (κ2) is 10.2. The van der Waals surface area contributed by atoms with Gasteiger partial charge in [-0.2, -0.15) is 0 Å². The highest BCUT2D eigenvalue weighted by Crippen LogP contribution is 2.26. The van der Waals surface area contributed by atoms with Crippen molar-refractivity contribution in [3.63, 3.8) is 0 Å². The van der Waals surface area contributed by atoms with Crippen molar-refractivity contribution in [3.8, 4) is 0 Å². The Morgan fingerprint density at radius 3 is 2.36 bits per heavy atom. The predicted molar refractivity (Wildman–Crippen MR) is 130 cm³/mol. The van der Waals surface area contributed by atoms with E-state index in [1.807, 2.05) is 7.05 Å². The summed E-state index contributed by atoms with van der Waals surface area (Å²) in [4.78, 5) is 38.2. The molecule has 0 radical (unpaired) electrons. The van der Waals surface area contributed by atoms with Crippen molar-refractivity contribution in [2.24, 2.45) is 0 Å². The smallest absolute Gasteiger partial charge is 0.272 e. The van der Waals surface area contributed by atoms with Crippen LogP contribution in [-0.4, -0.2) is 64.8 Å². The van der Waals surface area contributed by atoms with Crippen LogP contribution >= 0.6 is 23.2 Å². The van der Waals surface area contributed by atoms with Gasteiger partial charge in [0.2, 0.25) is 0 Å². The van der Waals surface area contributed by atoms with Crippen LogP contribution in [0.2, 0.25) is 10.0 Å². The van der Waals surface area contributed by atoms with Gasteiger partial charge < -0.3 is 20.4 Å². The largest absolute Gasteiger partial charge is 0.335 e. The van der Waals surface area contributed by atoms with Gasteiger partial charge in [-0.25, -0.2) is 9.97 Å². The summed E-state index contributed by atoms with van der Waals surface area (Å²) in [6.45, 7) is 3.03. The SMILES string of the molecule is CN1CCN(C(=O)c2cccc(Nc3cc(NC(=O)c4c(Cl)cccc4Cl)ccn3)n2)CC1. The van der Waals surface area contributed by atoms with Gasteiger partial charge in [0, 0.05) is 44.1 Å². The van der Waals surface area contributed by atoms with Gasteiger partial charge in [0.25, 0.3) is 11.8 Å². The molecule has 170 valence electrons. The molecule has 8 nitrogen and oxygen atoms in total. The van der Waals surface area contributed by atoms with Crippen molar-refractivity contribution < 1.29 is 9.59 Å². The number of hydrogen-bond donors (Lipinski definition) is 2. The summed E-state index contributed by atoms with van der Waals surface area (Å²) in [6, 6.07) is 13.4. The number of pyridine rings is 2. The van der Waals surface area contributed by atoms with E-state index in [1.165, 1.54) is 0 Å². The first-order chi connectivity index (χ1) is 15.9. The Labute approximate surface area is 201 Å². The van der Waals surface area contributed by atoms with E-state index in [1.54, 1.807) is 59.6 Å². The zero-order chi connectivity index (χ0) is 23.4. The van der Waals surface area contributed by atoms with Crippen LogP contribution in [0.4, 0.5) is 17.3 Å². The Balaban J connectivity index is 1.46. The molecule has 2 amide bonds. The summed E-state index contributed by atoms with van der Waals surface area (Å²) in [5.41, 5.74) is 1.06. The number of halogens is 2. The lowest BCUT2D eigenvalue weighted by molar-refractivity contribution is 0.0658. The number of nitrogens with zero attached hydrogens (tertiary/aromatic N) is 4. The minimum absolute atomic E-state index is 0.0997. The molecule has 1 fully saturated rings. The average Bonchev–Trinajstić information content (AvgIpc) is 2.79. The van der Waals surface area contributed by atoms with Crippen molar-refractivity contribution in [3.05, 3.63) is 76.0 Å². The van der Waals surface area contributed by atoms with Crippen LogP contribution in [0.15, 0.2) is 54.7 Å². The number of carbonyl (C=O) groups excluding carboxylic acids is 2. The van der Waals surface area contributed by atoms with E-state index < -0.39 is 5.91 Å². The average molecular weight is 485 g/mol. The molecule has 2 aromatic heterocycles. The van der Waals surface area contributed by atoms with Crippen LogP contribution in [0.5, 0.6) is 0 Å². The molecule has 0 aliphatic carbocycles. The van der Waals surface area contributed by atoms with Crippen molar-refractivity contribution in [1.82, 2.24) is 19.8 Å². The Kier molecular flexibility index (Phi) is 7.08. The molecule has 10 heteroatoms. The number of piperazine rings is 1. The molecule has 3 aromatic rings. The summed E-state index contributed by atoms with van der Waals surface area (Å²) in [6.07, 6.45) is 1.55. The molecular weight excluding hydrogens is 463 g/mol. The number of hydrogen-bond acceptors (Lipinski definition) is 6. The first-order valence-electron chi connectivity index (χ1n) is 10.3. The minimum atomic E-state index is -0.430. The molecular formula is C23H22Cl2N6O2. The van der Waals surface area contributed by atoms with Crippen LogP contribution < -0.4 is 10.6 Å². The lowest BCUT2D eigenvalue weighted by Crippen LogP contribution is -2.47. The molecule has 0 atom stereocenters. The minimum Gasteiger partial charge on any atom is -0.335 e. The number of anilines is 3. The fourth-order valence-corrected chi connectivity index (χ4v) is 3.98. The summed E-state index contributed by atoms with van der Waals surface area (Å²) in [5.74, 6) is 0.396. The maximum absolute atomic E-state index is 12.8. The normalized spacial score (nSPS) is 14.1. The highest BCUT2D eigenvalue weighted by atomic mass is 35.5. The molecule has 4 rings (SSSR count). The third-order valence-corrected chi connectivity index (χ3v) is 5.85. The summed E-state index contributed by atoms with van der Waals surface area (Å²) in [7, 11) is 2.04. The Morgan fingerprint density at radius 2 is 1.64 bits per heavy atom. The maximum atomic E-state index is 12.8. The first kappa shape index (κ1) is 23.0. The van der Waals surface area contributed by atoms with Crippen molar-refractivity contribution in [1.29, 1.82) is 0 Å². The van der Waals surface area contributed by atoms with E-state index in [-0.39, 0.29) is 21.5 Å². The third-order valence-electron chi connectivity index (χ3n) is 5.22. The van der Waals surface area contributed by atoms with Gasteiger partial charge in [0.1, 0.15) is 17.3 Å². The lowest BCUT2D eigenvalue weighted by Gasteiger charge is -2.32. The van der Waals surface area contributed by atoms with Gasteiger partial charge in [-0.15, -0.1) is 0 Å². The van der Waals surface area contributed by atoms with E-state index in [0.29, 0.717) is 36.1 Å². The van der Waals surface area contributed by atoms with E-state index in [9.17, 15) is 9.59 Å². The van der Waals surface area contributed by atoms with Crippen LogP contribution in [0.3, 0.4) is 0 Å². The third kappa shape index (κ3) is 5.60. The number of likely N-dealkylation sites (N-methyl/N-ethyl adjacent to an activating group) is 1. The molecule has 3 heterocycles. The van der Waals surface area contributed by atoms with Gasteiger partial charge >= 0.3 is 0 Å². The van der Waals surface area contributed by atoms with Crippen molar-refractivity contribution in [2.45, 2.75) is 0 Å². The Hall–Kier alpha value is -3.20. The van der Waals surface area contributed by atoms with Crippen molar-refractivity contribution in [2.75, 3.05) is 43.9 Å². The van der Waals surface area contributed by atoms with E-state index in [4.69, 9.17) is 23.2 Å². The zero-order valence-corrected chi connectivity index (χ0v) is 19.4. The second-order valence-corrected chi connectivity index (χ2v) is 8.42. The lowest BCUT2D eigenvalue weighted by atomic mass is 10.2. The summed E-state index contributed by atoms with van der Waals surface area (Å²) >= 11 is 12.2. The quantitative estimate of drug-likeness (QED) is 0.564. The fraction of sp³-hybridized carbons (Fsp3) is 0.217. The van der Waals surface area contributed by atoms with Gasteiger partial charge in [0.15, 0.2) is 0 Å². The summed E-state index contributed by atoms with van der Waals surface area (Å²) < 4.78 is 0. The molecule has 1 saturated heterocycles. The predicted octanol–water partition coefficient (Wildman–Crippen LogP) is 4.17. The molecule has 1 aliphatic rings. The number of nitrogens with one attached hydrogen (secondary N) is 2. The van der Waals surface area contributed by atoms with Crippen LogP contribution in [0.1, 0.15) is 20.8 Å². The highest BCUT2D eigenvalue weighted by molar-refractivity contribution is 6.40. The monoisotopic (exact) mass is 484 g/mol. The fourth-order valence-electron chi connectivity index (χ4n) is 3.41. The van der Waals surface area contributed by atoms with Gasteiger partial charge in [0.05, 0.1) is 15.6 Å². The molecule has 33 heavy (non-hydrogen) atoms. The van der Waals surface area contributed by atoms with Gasteiger partial charge in [-0.1, -0.05) is 35.3 Å². The first-order valence-corrected chi connectivity index (χ1v) is 11.1. The van der Waals surface area contributed by atoms with E-state index in [2.05, 4.69) is 25.5 Å². The van der Waals surface area contributed by atoms with Gasteiger partial charge in [-0.05, 0) is 37.4 Å². The van der Waals surface area contributed by atoms with Gasteiger partial charge in [-0.3, -0.25) is 9.59 Å². The number of benzene rings is 1. The maximum Gasteiger partial charge on any atom is 0.272 e. The number of rotatable bonds is 5. The second-order valence-electron chi connectivity index (χ2n) is 7.61. The molecule has 1 aliphatic heterocycles. The zero-order valence-electron chi connectivity index (χ0n) is 17.9. The number of carbonyl (C=O) groups is 2. The van der Waals surface area contributed by atoms with E-state index >= 15 is 0 Å². The van der Waals surface area contributed by atoms with Crippen LogP contribution in [0.25, 0.3) is 0 Å². The topological polar surface area (TPSA) is 90.5 Å². The Bertz CT molecular complexity index is 1160. The standard InChI is InChI=1S/C23H22Cl2N6O2/c1-30-10-12-31(13-11-30)23(33)18-6-3-7-19(28-18)29-20-14-15(8-9-26-20)27-22(32)21-16(24)4-2-5-17(21)25/h2-9,14H,10-13H2,1H3,(H2,26,27,28,29,32). The molecule has 2 N–H and O–H groups in total. The molecule has 0 spiro atoms. The summed E-state index contributed by atoms with van der Waals surface area (Å²) in [5, 5.41) is 6.37. The van der Waals surface area contributed by atoms with Crippen LogP contribution in [0, 0.1) is 0 Å². The number of aromatic nitrogens is 2. The van der Waals surface area contributed by atoms with E-state index in [0.717, 1.165) is 13.1 Å². The molecule has 1 aromatic carbocycles. The molecule has 0 saturated carbocycles. The Morgan fingerprint density at radius 1 is 0.939 bits per heavy atom. The van der Waals surface area contributed by atoms with Crippen LogP contribution in [-0.2, 0) is 0 Å². The number of amides is 2. The highest BCUT2D eigenvalue weighted by Gasteiger charge is 2.21. The molecule has 0 bridgehead atoms. The van der Waals surface area contributed by atoms with Crippen molar-refractivity contribution >= 4 is 52.3 Å².